The van der Waals surface area contributed by atoms with E-state index in [9.17, 15) is 9.59 Å². The topological polar surface area (TPSA) is 68.3 Å². The van der Waals surface area contributed by atoms with Gasteiger partial charge in [-0.15, -0.1) is 0 Å². The van der Waals surface area contributed by atoms with Gasteiger partial charge in [0.25, 0.3) is 5.91 Å². The molecule has 1 aromatic heterocycles. The highest BCUT2D eigenvalue weighted by molar-refractivity contribution is 8.27. The summed E-state index contributed by atoms with van der Waals surface area (Å²) in [5.74, 6) is -0.574. The molecule has 0 radical (unpaired) electrons. The average molecular weight is 434 g/mol. The van der Waals surface area contributed by atoms with Crippen molar-refractivity contribution in [3.63, 3.8) is 0 Å². The quantitative estimate of drug-likeness (QED) is 0.482. The number of benzene rings is 2. The first-order valence-electron chi connectivity index (χ1n) is 9.29. The maximum atomic E-state index is 13.0. The van der Waals surface area contributed by atoms with E-state index >= 15 is 0 Å². The van der Waals surface area contributed by atoms with Gasteiger partial charge in [0.05, 0.1) is 10.6 Å². The number of hydrogen-bond acceptors (Lipinski definition) is 4. The van der Waals surface area contributed by atoms with E-state index in [1.165, 1.54) is 11.8 Å². The van der Waals surface area contributed by atoms with Crippen LogP contribution in [0.3, 0.4) is 0 Å². The smallest absolute Gasteiger partial charge is 0.270 e. The number of anilines is 1. The standard InChI is InChI=1S/C23H19N3O2S2/c1-14-12-17(15(2)25(14)19-10-8-16(9-11-19)21(24)27)13-20-22(28)26(23(29)30-20)18-6-4-3-5-7-18/h3-13H,1-2H3,(H2,24,27)/b20-13+. The second-order valence-corrected chi connectivity index (χ2v) is 8.60. The number of thiocarbonyl (C=S) groups is 1. The van der Waals surface area contributed by atoms with E-state index in [0.29, 0.717) is 14.8 Å². The Bertz CT molecular complexity index is 1200. The molecule has 0 unspecified atom stereocenters. The van der Waals surface area contributed by atoms with E-state index in [1.807, 2.05) is 68.5 Å². The number of carbonyl (C=O) groups excluding carboxylic acids is 2. The Morgan fingerprint density at radius 2 is 1.70 bits per heavy atom. The molecule has 4 rings (SSSR count). The predicted molar refractivity (Wildman–Crippen MR) is 126 cm³/mol. The van der Waals surface area contributed by atoms with Crippen LogP contribution in [0, 0.1) is 13.8 Å². The van der Waals surface area contributed by atoms with Crippen molar-refractivity contribution in [1.82, 2.24) is 4.57 Å². The summed E-state index contributed by atoms with van der Waals surface area (Å²) < 4.78 is 2.60. The van der Waals surface area contributed by atoms with Gasteiger partial charge in [-0.1, -0.05) is 42.2 Å². The number of nitrogens with two attached hydrogens (primary N) is 1. The molecule has 2 amide bonds. The minimum absolute atomic E-state index is 0.119. The Kier molecular flexibility index (Phi) is 5.32. The monoisotopic (exact) mass is 433 g/mol. The highest BCUT2D eigenvalue weighted by Crippen LogP contribution is 2.36. The van der Waals surface area contributed by atoms with E-state index in [0.717, 1.165) is 28.3 Å². The van der Waals surface area contributed by atoms with Gasteiger partial charge < -0.3 is 10.3 Å². The van der Waals surface area contributed by atoms with Crippen LogP contribution >= 0.6 is 24.0 Å². The number of para-hydroxylation sites is 1. The minimum atomic E-state index is -0.455. The van der Waals surface area contributed by atoms with Crippen molar-refractivity contribution in [3.05, 3.63) is 88.1 Å². The molecule has 1 aliphatic heterocycles. The highest BCUT2D eigenvalue weighted by Gasteiger charge is 2.33. The number of amides is 2. The van der Waals surface area contributed by atoms with E-state index in [-0.39, 0.29) is 5.91 Å². The van der Waals surface area contributed by atoms with Crippen molar-refractivity contribution in [2.24, 2.45) is 5.73 Å². The number of rotatable bonds is 4. The summed E-state index contributed by atoms with van der Waals surface area (Å²) in [5, 5.41) is 0. The molecule has 0 aliphatic carbocycles. The maximum Gasteiger partial charge on any atom is 0.270 e. The second-order valence-electron chi connectivity index (χ2n) is 6.93. The number of primary amides is 1. The molecule has 30 heavy (non-hydrogen) atoms. The van der Waals surface area contributed by atoms with Crippen LogP contribution in [0.25, 0.3) is 11.8 Å². The van der Waals surface area contributed by atoms with Gasteiger partial charge in [0.15, 0.2) is 4.32 Å². The van der Waals surface area contributed by atoms with Crippen LogP contribution in [0.2, 0.25) is 0 Å². The van der Waals surface area contributed by atoms with E-state index in [4.69, 9.17) is 18.0 Å². The largest absolute Gasteiger partial charge is 0.366 e. The van der Waals surface area contributed by atoms with Crippen LogP contribution < -0.4 is 10.6 Å². The van der Waals surface area contributed by atoms with Gasteiger partial charge in [-0.2, -0.15) is 0 Å². The molecule has 3 aromatic rings. The first-order valence-corrected chi connectivity index (χ1v) is 10.5. The zero-order valence-corrected chi connectivity index (χ0v) is 18.1. The third-order valence-electron chi connectivity index (χ3n) is 4.98. The summed E-state index contributed by atoms with van der Waals surface area (Å²) in [4.78, 5) is 26.5. The highest BCUT2D eigenvalue weighted by atomic mass is 32.2. The molecule has 150 valence electrons. The summed E-state index contributed by atoms with van der Waals surface area (Å²) in [7, 11) is 0. The number of aryl methyl sites for hydroxylation is 1. The van der Waals surface area contributed by atoms with Gasteiger partial charge in [-0.25, -0.2) is 0 Å². The molecule has 0 saturated carbocycles. The SMILES string of the molecule is Cc1cc(/C=C2/SC(=S)N(c3ccccc3)C2=O)c(C)n1-c1ccc(C(N)=O)cc1. The Morgan fingerprint density at radius 3 is 2.33 bits per heavy atom. The Balaban J connectivity index is 1.68. The first-order chi connectivity index (χ1) is 14.4. The number of nitrogens with zero attached hydrogens (tertiary/aromatic N) is 2. The molecule has 0 bridgehead atoms. The molecule has 2 N–H and O–H groups in total. The molecule has 0 atom stereocenters. The lowest BCUT2D eigenvalue weighted by atomic mass is 10.2. The molecular formula is C23H19N3O2S2. The minimum Gasteiger partial charge on any atom is -0.366 e. The van der Waals surface area contributed by atoms with Crippen LogP contribution in [-0.4, -0.2) is 20.7 Å². The van der Waals surface area contributed by atoms with E-state index in [1.54, 1.807) is 17.0 Å². The summed E-state index contributed by atoms with van der Waals surface area (Å²) >= 11 is 6.76. The number of aromatic nitrogens is 1. The lowest BCUT2D eigenvalue weighted by Crippen LogP contribution is -2.27. The number of thioether (sulfide) groups is 1. The summed E-state index contributed by atoms with van der Waals surface area (Å²) in [6.45, 7) is 4.00. The third-order valence-corrected chi connectivity index (χ3v) is 6.28. The van der Waals surface area contributed by atoms with Gasteiger partial charge in [0, 0.05) is 22.6 Å². The Labute approximate surface area is 184 Å². The fourth-order valence-electron chi connectivity index (χ4n) is 3.51. The first kappa shape index (κ1) is 20.1. The number of carbonyl (C=O) groups is 2. The normalized spacial score (nSPS) is 15.3. The van der Waals surface area contributed by atoms with Crippen LogP contribution in [-0.2, 0) is 4.79 Å². The molecule has 2 aromatic carbocycles. The van der Waals surface area contributed by atoms with Crippen molar-refractivity contribution in [2.75, 3.05) is 4.90 Å². The van der Waals surface area contributed by atoms with Gasteiger partial charge in [0.2, 0.25) is 5.91 Å². The molecular weight excluding hydrogens is 414 g/mol. The van der Waals surface area contributed by atoms with Crippen LogP contribution in [0.5, 0.6) is 0 Å². The average Bonchev–Trinajstić information content (AvgIpc) is 3.17. The van der Waals surface area contributed by atoms with Crippen molar-refractivity contribution >= 4 is 51.9 Å². The van der Waals surface area contributed by atoms with Crippen molar-refractivity contribution in [2.45, 2.75) is 13.8 Å². The number of hydrogen-bond donors (Lipinski definition) is 1. The molecule has 2 heterocycles. The van der Waals surface area contributed by atoms with Crippen molar-refractivity contribution in [1.29, 1.82) is 0 Å². The second kappa shape index (κ2) is 7.93. The van der Waals surface area contributed by atoms with Gasteiger partial charge in [-0.3, -0.25) is 14.5 Å². The molecule has 1 fully saturated rings. The lowest BCUT2D eigenvalue weighted by Gasteiger charge is -2.13. The molecule has 0 spiro atoms. The summed E-state index contributed by atoms with van der Waals surface area (Å²) in [5.41, 5.74) is 10.4. The molecule has 1 aliphatic rings. The van der Waals surface area contributed by atoms with Gasteiger partial charge in [-0.05, 0) is 68.0 Å². The van der Waals surface area contributed by atoms with Crippen LogP contribution in [0.4, 0.5) is 5.69 Å². The Morgan fingerprint density at radius 1 is 1.03 bits per heavy atom. The maximum absolute atomic E-state index is 13.0. The van der Waals surface area contributed by atoms with Crippen LogP contribution in [0.1, 0.15) is 27.3 Å². The fourth-order valence-corrected chi connectivity index (χ4v) is 4.80. The molecule has 1 saturated heterocycles. The zero-order chi connectivity index (χ0) is 21.4. The van der Waals surface area contributed by atoms with E-state index in [2.05, 4.69) is 4.57 Å². The van der Waals surface area contributed by atoms with Crippen LogP contribution in [0.15, 0.2) is 65.6 Å². The Hall–Kier alpha value is -3.16. The van der Waals surface area contributed by atoms with E-state index < -0.39 is 5.91 Å². The lowest BCUT2D eigenvalue weighted by molar-refractivity contribution is -0.113. The summed E-state index contributed by atoms with van der Waals surface area (Å²) in [6, 6.07) is 18.6. The molecule has 5 nitrogen and oxygen atoms in total. The van der Waals surface area contributed by atoms with Crippen molar-refractivity contribution in [3.8, 4) is 5.69 Å². The van der Waals surface area contributed by atoms with Crippen molar-refractivity contribution < 1.29 is 9.59 Å². The van der Waals surface area contributed by atoms with Gasteiger partial charge in [0.1, 0.15) is 0 Å². The third kappa shape index (κ3) is 3.58. The predicted octanol–water partition coefficient (Wildman–Crippen LogP) is 4.60. The van der Waals surface area contributed by atoms with Gasteiger partial charge >= 0.3 is 0 Å². The fraction of sp³-hybridized carbons (Fsp3) is 0.0870. The summed E-state index contributed by atoms with van der Waals surface area (Å²) in [6.07, 6.45) is 1.89. The molecule has 7 heteroatoms. The zero-order valence-electron chi connectivity index (χ0n) is 16.5.